The maximum atomic E-state index is 11.9. The number of hydrogen-bond acceptors (Lipinski definition) is 4. The lowest BCUT2D eigenvalue weighted by molar-refractivity contribution is -0.134. The number of nitrogens with zero attached hydrogens (tertiary/aromatic N) is 1. The fourth-order valence-corrected chi connectivity index (χ4v) is 2.35. The van der Waals surface area contributed by atoms with Gasteiger partial charge in [-0.2, -0.15) is 0 Å². The lowest BCUT2D eigenvalue weighted by Crippen LogP contribution is -2.40. The van der Waals surface area contributed by atoms with Crippen LogP contribution in [0, 0.1) is 0 Å². The largest absolute Gasteiger partial charge is 0.454 e. The zero-order valence-corrected chi connectivity index (χ0v) is 11.9. The summed E-state index contributed by atoms with van der Waals surface area (Å²) in [5.74, 6) is 1.23. The highest BCUT2D eigenvalue weighted by molar-refractivity contribution is 5.84. The molecule has 1 saturated carbocycles. The second-order valence-corrected chi connectivity index (χ2v) is 5.34. The van der Waals surface area contributed by atoms with Crippen LogP contribution in [0.3, 0.4) is 0 Å². The Balaban J connectivity index is 1.52. The van der Waals surface area contributed by atoms with Crippen molar-refractivity contribution in [2.45, 2.75) is 32.4 Å². The van der Waals surface area contributed by atoms with Crippen molar-refractivity contribution in [2.75, 3.05) is 13.3 Å². The Kier molecular flexibility index (Phi) is 3.68. The second-order valence-electron chi connectivity index (χ2n) is 5.34. The van der Waals surface area contributed by atoms with Gasteiger partial charge in [0, 0.05) is 19.5 Å². The van der Waals surface area contributed by atoms with Crippen LogP contribution in [0.4, 0.5) is 0 Å². The van der Waals surface area contributed by atoms with Gasteiger partial charge in [-0.3, -0.25) is 9.59 Å². The van der Waals surface area contributed by atoms with E-state index in [1.165, 1.54) is 6.92 Å². The summed E-state index contributed by atoms with van der Waals surface area (Å²) >= 11 is 0. The molecule has 6 heteroatoms. The van der Waals surface area contributed by atoms with E-state index in [0.717, 1.165) is 24.2 Å². The SMILES string of the molecule is CC(=O)N(CC(=O)NCc1ccc2c(c1)OCO2)C1CC1. The van der Waals surface area contributed by atoms with Gasteiger partial charge in [0.2, 0.25) is 18.6 Å². The molecule has 1 aromatic carbocycles. The quantitative estimate of drug-likeness (QED) is 0.880. The standard InChI is InChI=1S/C15H18N2O4/c1-10(18)17(12-3-4-12)8-15(19)16-7-11-2-5-13-14(6-11)21-9-20-13/h2,5-6,12H,3-4,7-9H2,1H3,(H,16,19). The lowest BCUT2D eigenvalue weighted by atomic mass is 10.2. The van der Waals surface area contributed by atoms with Gasteiger partial charge < -0.3 is 19.7 Å². The molecule has 0 spiro atoms. The third-order valence-electron chi connectivity index (χ3n) is 3.63. The van der Waals surface area contributed by atoms with E-state index in [1.807, 2.05) is 18.2 Å². The van der Waals surface area contributed by atoms with Crippen LogP contribution in [0.1, 0.15) is 25.3 Å². The summed E-state index contributed by atoms with van der Waals surface area (Å²) in [4.78, 5) is 25.0. The molecule has 2 aliphatic rings. The van der Waals surface area contributed by atoms with Crippen molar-refractivity contribution in [3.63, 3.8) is 0 Å². The summed E-state index contributed by atoms with van der Waals surface area (Å²) in [6.07, 6.45) is 1.99. The summed E-state index contributed by atoms with van der Waals surface area (Å²) in [5.41, 5.74) is 0.938. The highest BCUT2D eigenvalue weighted by Gasteiger charge is 2.31. The number of nitrogens with one attached hydrogen (secondary N) is 1. The topological polar surface area (TPSA) is 67.9 Å². The van der Waals surface area contributed by atoms with E-state index in [9.17, 15) is 9.59 Å². The van der Waals surface area contributed by atoms with E-state index in [0.29, 0.717) is 12.3 Å². The van der Waals surface area contributed by atoms with Crippen LogP contribution in [0.25, 0.3) is 0 Å². The van der Waals surface area contributed by atoms with Crippen molar-refractivity contribution >= 4 is 11.8 Å². The molecule has 1 heterocycles. The molecular weight excluding hydrogens is 272 g/mol. The second kappa shape index (κ2) is 5.63. The zero-order chi connectivity index (χ0) is 14.8. The average Bonchev–Trinajstić information content (AvgIpc) is 3.19. The number of rotatable bonds is 5. The molecule has 0 unspecified atom stereocenters. The number of carbonyl (C=O) groups excluding carboxylic acids is 2. The molecule has 2 amide bonds. The van der Waals surface area contributed by atoms with Gasteiger partial charge >= 0.3 is 0 Å². The van der Waals surface area contributed by atoms with Crippen LogP contribution in [-0.4, -0.2) is 36.1 Å². The van der Waals surface area contributed by atoms with E-state index in [2.05, 4.69) is 5.32 Å². The Bertz CT molecular complexity index is 569. The minimum absolute atomic E-state index is 0.0456. The molecule has 1 fully saturated rings. The maximum absolute atomic E-state index is 11.9. The minimum Gasteiger partial charge on any atom is -0.454 e. The average molecular weight is 290 g/mol. The summed E-state index contributed by atoms with van der Waals surface area (Å²) in [7, 11) is 0. The van der Waals surface area contributed by atoms with Crippen molar-refractivity contribution in [2.24, 2.45) is 0 Å². The summed E-state index contributed by atoms with van der Waals surface area (Å²) < 4.78 is 10.5. The van der Waals surface area contributed by atoms with Crippen LogP contribution in [0.15, 0.2) is 18.2 Å². The first-order valence-corrected chi connectivity index (χ1v) is 7.06. The van der Waals surface area contributed by atoms with Crippen molar-refractivity contribution < 1.29 is 19.1 Å². The van der Waals surface area contributed by atoms with Gasteiger partial charge in [-0.1, -0.05) is 6.07 Å². The number of benzene rings is 1. The van der Waals surface area contributed by atoms with Crippen molar-refractivity contribution in [3.8, 4) is 11.5 Å². The van der Waals surface area contributed by atoms with Crippen LogP contribution in [-0.2, 0) is 16.1 Å². The third-order valence-corrected chi connectivity index (χ3v) is 3.63. The molecule has 0 saturated heterocycles. The van der Waals surface area contributed by atoms with Gasteiger partial charge in [-0.05, 0) is 30.5 Å². The molecule has 0 radical (unpaired) electrons. The Morgan fingerprint density at radius 3 is 2.76 bits per heavy atom. The van der Waals surface area contributed by atoms with Crippen molar-refractivity contribution in [1.29, 1.82) is 0 Å². The van der Waals surface area contributed by atoms with Crippen molar-refractivity contribution in [3.05, 3.63) is 23.8 Å². The highest BCUT2D eigenvalue weighted by Crippen LogP contribution is 2.32. The van der Waals surface area contributed by atoms with Gasteiger partial charge in [0.05, 0.1) is 6.54 Å². The molecule has 6 nitrogen and oxygen atoms in total. The van der Waals surface area contributed by atoms with Crippen molar-refractivity contribution in [1.82, 2.24) is 10.2 Å². The predicted octanol–water partition coefficient (Wildman–Crippen LogP) is 1.04. The molecule has 1 aliphatic carbocycles. The smallest absolute Gasteiger partial charge is 0.239 e. The Hall–Kier alpha value is -2.24. The third kappa shape index (κ3) is 3.26. The summed E-state index contributed by atoms with van der Waals surface area (Å²) in [6.45, 7) is 2.28. The molecule has 21 heavy (non-hydrogen) atoms. The molecule has 3 rings (SSSR count). The molecular formula is C15H18N2O4. The molecule has 1 N–H and O–H groups in total. The van der Waals surface area contributed by atoms with Crippen LogP contribution >= 0.6 is 0 Å². The Morgan fingerprint density at radius 2 is 2.05 bits per heavy atom. The Labute approximate surface area is 123 Å². The highest BCUT2D eigenvalue weighted by atomic mass is 16.7. The monoisotopic (exact) mass is 290 g/mol. The summed E-state index contributed by atoms with van der Waals surface area (Å²) in [5, 5.41) is 2.83. The number of fused-ring (bicyclic) bond motifs is 1. The first-order valence-electron chi connectivity index (χ1n) is 7.06. The molecule has 0 aromatic heterocycles. The Morgan fingerprint density at radius 1 is 1.29 bits per heavy atom. The number of carbonyl (C=O) groups is 2. The van der Waals surface area contributed by atoms with Gasteiger partial charge in [-0.15, -0.1) is 0 Å². The molecule has 0 bridgehead atoms. The van der Waals surface area contributed by atoms with Crippen LogP contribution < -0.4 is 14.8 Å². The predicted molar refractivity (Wildman–Crippen MR) is 74.8 cm³/mol. The van der Waals surface area contributed by atoms with Gasteiger partial charge in [-0.25, -0.2) is 0 Å². The molecule has 1 aliphatic heterocycles. The fourth-order valence-electron chi connectivity index (χ4n) is 2.35. The van der Waals surface area contributed by atoms with E-state index < -0.39 is 0 Å². The van der Waals surface area contributed by atoms with Crippen LogP contribution in [0.5, 0.6) is 11.5 Å². The number of hydrogen-bond donors (Lipinski definition) is 1. The first kappa shape index (κ1) is 13.7. The van der Waals surface area contributed by atoms with Gasteiger partial charge in [0.15, 0.2) is 11.5 Å². The van der Waals surface area contributed by atoms with E-state index >= 15 is 0 Å². The van der Waals surface area contributed by atoms with Crippen LogP contribution in [0.2, 0.25) is 0 Å². The van der Waals surface area contributed by atoms with E-state index in [-0.39, 0.29) is 31.2 Å². The fraction of sp³-hybridized carbons (Fsp3) is 0.467. The molecule has 1 aromatic rings. The van der Waals surface area contributed by atoms with Gasteiger partial charge in [0.1, 0.15) is 0 Å². The maximum Gasteiger partial charge on any atom is 0.239 e. The van der Waals surface area contributed by atoms with E-state index in [1.54, 1.807) is 4.90 Å². The number of amides is 2. The molecule has 0 atom stereocenters. The molecule has 112 valence electrons. The minimum atomic E-state index is -0.144. The van der Waals surface area contributed by atoms with E-state index in [4.69, 9.17) is 9.47 Å². The summed E-state index contributed by atoms with van der Waals surface area (Å²) in [6, 6.07) is 5.82. The van der Waals surface area contributed by atoms with Gasteiger partial charge in [0.25, 0.3) is 0 Å². The first-order chi connectivity index (χ1) is 10.1. The number of ether oxygens (including phenoxy) is 2. The lowest BCUT2D eigenvalue weighted by Gasteiger charge is -2.19. The normalized spacial score (nSPS) is 15.7. The zero-order valence-electron chi connectivity index (χ0n) is 11.9.